The summed E-state index contributed by atoms with van der Waals surface area (Å²) in [6.07, 6.45) is 1.01. The molecular formula is C29H38ClF2N3O3S. The molecule has 2 aromatic carbocycles. The third kappa shape index (κ3) is 7.37. The highest BCUT2D eigenvalue weighted by Gasteiger charge is 2.47. The number of hydrogen-bond donors (Lipinski definition) is 2. The van der Waals surface area contributed by atoms with Crippen LogP contribution in [0.3, 0.4) is 0 Å². The average Bonchev–Trinajstić information content (AvgIpc) is 3.21. The predicted octanol–water partition coefficient (Wildman–Crippen LogP) is 5.44. The molecule has 2 aromatic rings. The molecule has 2 fully saturated rings. The highest BCUT2D eigenvalue weighted by atomic mass is 35.5. The van der Waals surface area contributed by atoms with Crippen LogP contribution in [0.5, 0.6) is 0 Å². The lowest BCUT2D eigenvalue weighted by atomic mass is 9.87. The van der Waals surface area contributed by atoms with Crippen LogP contribution in [0.15, 0.2) is 59.5 Å². The highest BCUT2D eigenvalue weighted by molar-refractivity contribution is 7.89. The number of rotatable bonds is 10. The number of nitrogens with one attached hydrogen (secondary N) is 2. The first-order valence-corrected chi connectivity index (χ1v) is 15.5. The lowest BCUT2D eigenvalue weighted by Gasteiger charge is -2.35. The number of alkyl halides is 2. The summed E-state index contributed by atoms with van der Waals surface area (Å²) in [5.41, 5.74) is 0.964. The van der Waals surface area contributed by atoms with Gasteiger partial charge in [0.25, 0.3) is 5.92 Å². The zero-order valence-electron chi connectivity index (χ0n) is 22.5. The number of hydrogen-bond acceptors (Lipinski definition) is 4. The number of nitrogens with zero attached hydrogens (tertiary/aromatic N) is 1. The minimum Gasteiger partial charge on any atom is -0.353 e. The summed E-state index contributed by atoms with van der Waals surface area (Å²) in [6.45, 7) is 5.22. The van der Waals surface area contributed by atoms with Crippen molar-refractivity contribution < 1.29 is 22.0 Å². The summed E-state index contributed by atoms with van der Waals surface area (Å²) in [4.78, 5) is 13.3. The van der Waals surface area contributed by atoms with Gasteiger partial charge in [0.05, 0.1) is 4.90 Å². The maximum absolute atomic E-state index is 14.5. The minimum atomic E-state index is -3.64. The first kappa shape index (κ1) is 29.9. The second kappa shape index (κ2) is 12.6. The van der Waals surface area contributed by atoms with E-state index in [2.05, 4.69) is 10.6 Å². The number of carbonyl (C=O) groups is 1. The lowest BCUT2D eigenvalue weighted by molar-refractivity contribution is -0.126. The molecule has 2 aliphatic rings. The van der Waals surface area contributed by atoms with Gasteiger partial charge in [0.1, 0.15) is 0 Å². The number of amides is 1. The molecule has 6 nitrogen and oxygen atoms in total. The standard InChI is InChI=1S/C29H38ClF2N3O3S/c1-20(22-11-13-24(30)14-12-22)21(2)28(36)34-27-18-29(31,32)17-23(27)7-6-8-25-19-33-15-16-35(25)39(37,38)26-9-4-3-5-10-26/h3-5,9-14,20-21,23,25,27,33H,6-8,15-19H2,1-2H3,(H,34,36). The molecule has 214 valence electrons. The van der Waals surface area contributed by atoms with E-state index in [1.165, 1.54) is 0 Å². The molecule has 1 saturated heterocycles. The van der Waals surface area contributed by atoms with E-state index in [1.807, 2.05) is 26.0 Å². The van der Waals surface area contributed by atoms with Crippen LogP contribution in [0.25, 0.3) is 0 Å². The zero-order chi connectivity index (χ0) is 28.2. The summed E-state index contributed by atoms with van der Waals surface area (Å²) < 4.78 is 57.0. The third-order valence-corrected chi connectivity index (χ3v) is 10.5. The Morgan fingerprint density at radius 1 is 1.10 bits per heavy atom. The van der Waals surface area contributed by atoms with E-state index in [0.29, 0.717) is 43.9 Å². The summed E-state index contributed by atoms with van der Waals surface area (Å²) in [5.74, 6) is -3.92. The molecular weight excluding hydrogens is 544 g/mol. The van der Waals surface area contributed by atoms with Crippen LogP contribution in [-0.4, -0.2) is 56.3 Å². The molecule has 5 atom stereocenters. The molecule has 10 heteroatoms. The number of halogens is 3. The van der Waals surface area contributed by atoms with E-state index < -0.39 is 27.9 Å². The summed E-state index contributed by atoms with van der Waals surface area (Å²) in [7, 11) is -3.64. The number of piperazine rings is 1. The topological polar surface area (TPSA) is 78.5 Å². The van der Waals surface area contributed by atoms with Crippen molar-refractivity contribution in [2.24, 2.45) is 11.8 Å². The molecule has 0 spiro atoms. The molecule has 0 aromatic heterocycles. The van der Waals surface area contributed by atoms with Gasteiger partial charge in [0.15, 0.2) is 0 Å². The van der Waals surface area contributed by atoms with Gasteiger partial charge in [-0.05, 0) is 54.5 Å². The Morgan fingerprint density at radius 2 is 1.79 bits per heavy atom. The van der Waals surface area contributed by atoms with E-state index in [1.54, 1.807) is 46.8 Å². The van der Waals surface area contributed by atoms with E-state index in [9.17, 15) is 22.0 Å². The van der Waals surface area contributed by atoms with E-state index in [0.717, 1.165) is 5.56 Å². The third-order valence-electron chi connectivity index (χ3n) is 8.29. The average molecular weight is 582 g/mol. The van der Waals surface area contributed by atoms with Gasteiger partial charge in [-0.3, -0.25) is 4.79 Å². The zero-order valence-corrected chi connectivity index (χ0v) is 24.0. The van der Waals surface area contributed by atoms with Crippen molar-refractivity contribution in [1.29, 1.82) is 0 Å². The van der Waals surface area contributed by atoms with Gasteiger partial charge in [-0.25, -0.2) is 17.2 Å². The fourth-order valence-electron chi connectivity index (χ4n) is 5.81. The van der Waals surface area contributed by atoms with Crippen molar-refractivity contribution >= 4 is 27.5 Å². The summed E-state index contributed by atoms with van der Waals surface area (Å²) >= 11 is 5.98. The van der Waals surface area contributed by atoms with Gasteiger partial charge in [0.2, 0.25) is 15.9 Å². The fraction of sp³-hybridized carbons (Fsp3) is 0.552. The van der Waals surface area contributed by atoms with E-state index in [4.69, 9.17) is 11.6 Å². The Balaban J connectivity index is 1.36. The quantitative estimate of drug-likeness (QED) is 0.391. The molecule has 1 saturated carbocycles. The Kier molecular flexibility index (Phi) is 9.68. The fourth-order valence-corrected chi connectivity index (χ4v) is 7.62. The number of benzene rings is 2. The van der Waals surface area contributed by atoms with Crippen LogP contribution in [0, 0.1) is 11.8 Å². The molecule has 39 heavy (non-hydrogen) atoms. The predicted molar refractivity (Wildman–Crippen MR) is 149 cm³/mol. The second-order valence-corrected chi connectivity index (χ2v) is 13.3. The van der Waals surface area contributed by atoms with Gasteiger partial charge in [-0.15, -0.1) is 0 Å². The van der Waals surface area contributed by atoms with Gasteiger partial charge in [-0.2, -0.15) is 4.31 Å². The van der Waals surface area contributed by atoms with Crippen LogP contribution in [0.4, 0.5) is 8.78 Å². The molecule has 4 rings (SSSR count). The minimum absolute atomic E-state index is 0.0982. The Hall–Kier alpha value is -2.07. The molecule has 0 bridgehead atoms. The second-order valence-electron chi connectivity index (χ2n) is 11.0. The SMILES string of the molecule is CC(C(=O)NC1CC(F)(F)CC1CCCC1CNCCN1S(=O)(=O)c1ccccc1)C(C)c1ccc(Cl)cc1. The first-order valence-electron chi connectivity index (χ1n) is 13.7. The monoisotopic (exact) mass is 581 g/mol. The maximum atomic E-state index is 14.5. The van der Waals surface area contributed by atoms with Crippen molar-refractivity contribution in [1.82, 2.24) is 14.9 Å². The Labute approximate surface area is 235 Å². The van der Waals surface area contributed by atoms with E-state index >= 15 is 0 Å². The molecule has 1 heterocycles. The van der Waals surface area contributed by atoms with Crippen LogP contribution < -0.4 is 10.6 Å². The Morgan fingerprint density at radius 3 is 2.49 bits per heavy atom. The largest absolute Gasteiger partial charge is 0.353 e. The van der Waals surface area contributed by atoms with Crippen molar-refractivity contribution in [3.8, 4) is 0 Å². The lowest BCUT2D eigenvalue weighted by Crippen LogP contribution is -2.53. The molecule has 2 N–H and O–H groups in total. The summed E-state index contributed by atoms with van der Waals surface area (Å²) in [5, 5.41) is 6.80. The van der Waals surface area contributed by atoms with Gasteiger partial charge in [0, 0.05) is 55.5 Å². The van der Waals surface area contributed by atoms with Crippen LogP contribution >= 0.6 is 11.6 Å². The first-order chi connectivity index (χ1) is 18.5. The molecule has 1 amide bonds. The molecule has 0 radical (unpaired) electrons. The number of carbonyl (C=O) groups excluding carboxylic acids is 1. The molecule has 1 aliphatic heterocycles. The van der Waals surface area contributed by atoms with Crippen molar-refractivity contribution in [2.45, 2.75) is 74.8 Å². The van der Waals surface area contributed by atoms with Crippen molar-refractivity contribution in [3.63, 3.8) is 0 Å². The van der Waals surface area contributed by atoms with Crippen molar-refractivity contribution in [2.75, 3.05) is 19.6 Å². The highest BCUT2D eigenvalue weighted by Crippen LogP contribution is 2.42. The van der Waals surface area contributed by atoms with Gasteiger partial charge < -0.3 is 10.6 Å². The Bertz CT molecular complexity index is 1210. The van der Waals surface area contributed by atoms with Gasteiger partial charge >= 0.3 is 0 Å². The van der Waals surface area contributed by atoms with Crippen LogP contribution in [0.2, 0.25) is 5.02 Å². The van der Waals surface area contributed by atoms with Crippen LogP contribution in [-0.2, 0) is 14.8 Å². The molecule has 5 unspecified atom stereocenters. The normalized spacial score (nSPS) is 25.2. The van der Waals surface area contributed by atoms with Crippen LogP contribution in [0.1, 0.15) is 57.4 Å². The smallest absolute Gasteiger partial charge is 0.250 e. The van der Waals surface area contributed by atoms with Crippen molar-refractivity contribution in [3.05, 3.63) is 65.2 Å². The number of sulfonamides is 1. The van der Waals surface area contributed by atoms with E-state index in [-0.39, 0.29) is 41.5 Å². The summed E-state index contributed by atoms with van der Waals surface area (Å²) in [6, 6.07) is 14.8. The molecule has 1 aliphatic carbocycles. The maximum Gasteiger partial charge on any atom is 0.250 e. The van der Waals surface area contributed by atoms with Gasteiger partial charge in [-0.1, -0.05) is 62.2 Å².